The lowest BCUT2D eigenvalue weighted by Gasteiger charge is -2.26. The molecule has 0 unspecified atom stereocenters. The molecule has 3 fully saturated rings. The topological polar surface area (TPSA) is 106 Å². The molecule has 3 aliphatic rings. The second kappa shape index (κ2) is 7.78. The quantitative estimate of drug-likeness (QED) is 0.777. The third-order valence-corrected chi connectivity index (χ3v) is 9.38. The molecule has 1 saturated heterocycles. The van der Waals surface area contributed by atoms with Gasteiger partial charge in [-0.25, -0.2) is 12.7 Å². The lowest BCUT2D eigenvalue weighted by atomic mass is 9.81. The SMILES string of the molecule is NC(=O)[C@@]1(Cc2cc(C3CCCCC3)no2)CCN(S(=O)(=O)C2CCCC2)C1. The molecule has 28 heavy (non-hydrogen) atoms. The average molecular weight is 410 g/mol. The Labute approximate surface area is 167 Å². The molecule has 1 amide bonds. The van der Waals surface area contributed by atoms with Crippen molar-refractivity contribution in [2.45, 2.75) is 81.8 Å². The number of hydrogen-bond donors (Lipinski definition) is 1. The van der Waals surface area contributed by atoms with Gasteiger partial charge in [0, 0.05) is 31.5 Å². The highest BCUT2D eigenvalue weighted by molar-refractivity contribution is 7.89. The fourth-order valence-electron chi connectivity index (χ4n) is 5.22. The van der Waals surface area contributed by atoms with Gasteiger partial charge in [-0.15, -0.1) is 0 Å². The first-order valence-electron chi connectivity index (χ1n) is 10.7. The summed E-state index contributed by atoms with van der Waals surface area (Å²) in [5.41, 5.74) is 5.82. The Bertz CT molecular complexity index is 809. The van der Waals surface area contributed by atoms with Crippen LogP contribution < -0.4 is 5.73 Å². The van der Waals surface area contributed by atoms with Gasteiger partial charge in [-0.1, -0.05) is 37.3 Å². The van der Waals surface area contributed by atoms with Crippen LogP contribution >= 0.6 is 0 Å². The van der Waals surface area contributed by atoms with E-state index in [-0.39, 0.29) is 11.8 Å². The van der Waals surface area contributed by atoms with Gasteiger partial charge in [0.25, 0.3) is 0 Å². The second-order valence-electron chi connectivity index (χ2n) is 8.91. The Hall–Kier alpha value is -1.41. The average Bonchev–Trinajstić information content (AvgIpc) is 3.44. The lowest BCUT2D eigenvalue weighted by molar-refractivity contribution is -0.127. The van der Waals surface area contributed by atoms with E-state index in [0.717, 1.165) is 44.2 Å². The van der Waals surface area contributed by atoms with Crippen molar-refractivity contribution in [1.29, 1.82) is 0 Å². The van der Waals surface area contributed by atoms with Gasteiger partial charge < -0.3 is 10.3 Å². The molecule has 8 heteroatoms. The van der Waals surface area contributed by atoms with E-state index in [0.29, 0.717) is 31.1 Å². The predicted molar refractivity (Wildman–Crippen MR) is 105 cm³/mol. The van der Waals surface area contributed by atoms with Crippen molar-refractivity contribution in [2.75, 3.05) is 13.1 Å². The molecule has 2 aliphatic carbocycles. The van der Waals surface area contributed by atoms with Crippen LogP contribution in [0.4, 0.5) is 0 Å². The highest BCUT2D eigenvalue weighted by atomic mass is 32.2. The van der Waals surface area contributed by atoms with Crippen LogP contribution in [0.5, 0.6) is 0 Å². The number of amides is 1. The van der Waals surface area contributed by atoms with Crippen molar-refractivity contribution in [3.63, 3.8) is 0 Å². The van der Waals surface area contributed by atoms with Crippen LogP contribution in [0.1, 0.15) is 81.6 Å². The number of carbonyl (C=O) groups excluding carboxylic acids is 1. The van der Waals surface area contributed by atoms with Gasteiger partial charge in [0.2, 0.25) is 15.9 Å². The summed E-state index contributed by atoms with van der Waals surface area (Å²) in [4.78, 5) is 12.4. The molecule has 7 nitrogen and oxygen atoms in total. The van der Waals surface area contributed by atoms with Gasteiger partial charge in [0.1, 0.15) is 5.76 Å². The number of nitrogens with zero attached hydrogens (tertiary/aromatic N) is 2. The molecule has 0 radical (unpaired) electrons. The van der Waals surface area contributed by atoms with Crippen LogP contribution in [-0.4, -0.2) is 42.1 Å². The minimum Gasteiger partial charge on any atom is -0.369 e. The number of rotatable bonds is 6. The third kappa shape index (κ3) is 3.73. The standard InChI is InChI=1S/C20H31N3O4S/c21-19(24)20(10-11-23(14-20)28(25,26)17-8-4-5-9-17)13-16-12-18(22-27-16)15-6-2-1-3-7-15/h12,15,17H,1-11,13-14H2,(H2,21,24)/t20-/m1/s1. The maximum atomic E-state index is 12.9. The molecule has 1 aromatic heterocycles. The molecule has 4 rings (SSSR count). The molecule has 1 aliphatic heterocycles. The zero-order valence-electron chi connectivity index (χ0n) is 16.4. The van der Waals surface area contributed by atoms with Gasteiger partial charge in [0.05, 0.1) is 16.4 Å². The van der Waals surface area contributed by atoms with Gasteiger partial charge >= 0.3 is 0 Å². The minimum atomic E-state index is -3.37. The van der Waals surface area contributed by atoms with Gasteiger partial charge in [-0.2, -0.15) is 0 Å². The third-order valence-electron chi connectivity index (χ3n) is 7.04. The first-order valence-corrected chi connectivity index (χ1v) is 12.2. The number of carbonyl (C=O) groups is 1. The molecule has 1 atom stereocenters. The molecule has 2 saturated carbocycles. The summed E-state index contributed by atoms with van der Waals surface area (Å²) < 4.78 is 32.9. The molecule has 2 heterocycles. The van der Waals surface area contributed by atoms with Crippen molar-refractivity contribution in [2.24, 2.45) is 11.1 Å². The lowest BCUT2D eigenvalue weighted by Crippen LogP contribution is -2.44. The summed E-state index contributed by atoms with van der Waals surface area (Å²) in [5, 5.41) is 3.94. The minimum absolute atomic E-state index is 0.153. The summed E-state index contributed by atoms with van der Waals surface area (Å²) >= 11 is 0. The van der Waals surface area contributed by atoms with E-state index in [9.17, 15) is 13.2 Å². The van der Waals surface area contributed by atoms with Crippen molar-refractivity contribution < 1.29 is 17.7 Å². The van der Waals surface area contributed by atoms with E-state index in [2.05, 4.69) is 5.16 Å². The number of aromatic nitrogens is 1. The van der Waals surface area contributed by atoms with Crippen molar-refractivity contribution in [1.82, 2.24) is 9.46 Å². The molecule has 2 N–H and O–H groups in total. The maximum absolute atomic E-state index is 12.9. The molecular formula is C20H31N3O4S. The monoisotopic (exact) mass is 409 g/mol. The van der Waals surface area contributed by atoms with Crippen molar-refractivity contribution in [3.05, 3.63) is 17.5 Å². The molecule has 0 bridgehead atoms. The molecular weight excluding hydrogens is 378 g/mol. The van der Waals surface area contributed by atoms with Crippen LogP contribution in [0.15, 0.2) is 10.6 Å². The Morgan fingerprint density at radius 2 is 1.86 bits per heavy atom. The zero-order valence-corrected chi connectivity index (χ0v) is 17.3. The summed E-state index contributed by atoms with van der Waals surface area (Å²) in [6, 6.07) is 1.95. The van der Waals surface area contributed by atoms with E-state index in [1.165, 1.54) is 23.6 Å². The molecule has 0 spiro atoms. The predicted octanol–water partition coefficient (Wildman–Crippen LogP) is 2.71. The van der Waals surface area contributed by atoms with Gasteiger partial charge in [-0.05, 0) is 32.1 Å². The Balaban J connectivity index is 1.48. The number of nitrogens with two attached hydrogens (primary N) is 1. The van der Waals surface area contributed by atoms with Crippen molar-refractivity contribution in [3.8, 4) is 0 Å². The highest BCUT2D eigenvalue weighted by Crippen LogP contribution is 2.39. The van der Waals surface area contributed by atoms with E-state index in [1.807, 2.05) is 6.07 Å². The van der Waals surface area contributed by atoms with Crippen LogP contribution in [0.25, 0.3) is 0 Å². The zero-order chi connectivity index (χ0) is 19.8. The molecule has 0 aromatic carbocycles. The van der Waals surface area contributed by atoms with Crippen LogP contribution in [0, 0.1) is 5.41 Å². The Morgan fingerprint density at radius 3 is 2.54 bits per heavy atom. The normalized spacial score (nSPS) is 28.1. The van der Waals surface area contributed by atoms with Crippen LogP contribution in [0.3, 0.4) is 0 Å². The van der Waals surface area contributed by atoms with E-state index in [4.69, 9.17) is 10.3 Å². The Kier molecular flexibility index (Phi) is 5.53. The fourth-order valence-corrected chi connectivity index (χ4v) is 7.34. The summed E-state index contributed by atoms with van der Waals surface area (Å²) in [6.45, 7) is 0.506. The molecule has 1 aromatic rings. The van der Waals surface area contributed by atoms with Crippen molar-refractivity contribution >= 4 is 15.9 Å². The van der Waals surface area contributed by atoms with Gasteiger partial charge in [0.15, 0.2) is 0 Å². The van der Waals surface area contributed by atoms with Gasteiger partial charge in [-0.3, -0.25) is 4.79 Å². The number of primary amides is 1. The van der Waals surface area contributed by atoms with E-state index >= 15 is 0 Å². The highest BCUT2D eigenvalue weighted by Gasteiger charge is 2.49. The number of sulfonamides is 1. The summed E-state index contributed by atoms with van der Waals surface area (Å²) in [5.74, 6) is 0.616. The van der Waals surface area contributed by atoms with E-state index < -0.39 is 21.3 Å². The van der Waals surface area contributed by atoms with Crippen LogP contribution in [-0.2, 0) is 21.2 Å². The first kappa shape index (κ1) is 19.9. The smallest absolute Gasteiger partial charge is 0.225 e. The largest absolute Gasteiger partial charge is 0.369 e. The number of hydrogen-bond acceptors (Lipinski definition) is 5. The summed E-state index contributed by atoms with van der Waals surface area (Å²) in [6.07, 6.45) is 10.1. The van der Waals surface area contributed by atoms with E-state index in [1.54, 1.807) is 0 Å². The molecule has 156 valence electrons. The summed E-state index contributed by atoms with van der Waals surface area (Å²) in [7, 11) is -3.37. The van der Waals surface area contributed by atoms with Crippen LogP contribution in [0.2, 0.25) is 0 Å². The fraction of sp³-hybridized carbons (Fsp3) is 0.800. The second-order valence-corrected chi connectivity index (χ2v) is 11.1. The maximum Gasteiger partial charge on any atom is 0.225 e. The Morgan fingerprint density at radius 1 is 1.18 bits per heavy atom. The first-order chi connectivity index (χ1) is 13.4.